The summed E-state index contributed by atoms with van der Waals surface area (Å²) >= 11 is 6.37. The highest BCUT2D eigenvalue weighted by Crippen LogP contribution is 2.38. The molecule has 0 radical (unpaired) electrons. The number of fused-ring (bicyclic) bond motifs is 2. The Morgan fingerprint density at radius 3 is 2.52 bits per heavy atom. The fraction of sp³-hybridized carbons (Fsp3) is 0.346. The van der Waals surface area contributed by atoms with Gasteiger partial charge >= 0.3 is 0 Å². The molecule has 170 valence electrons. The first-order valence-corrected chi connectivity index (χ1v) is 11.7. The Bertz CT molecular complexity index is 1210. The summed E-state index contributed by atoms with van der Waals surface area (Å²) in [4.78, 5) is 33.8. The highest BCUT2D eigenvalue weighted by molar-refractivity contribution is 6.31. The van der Waals surface area contributed by atoms with Gasteiger partial charge in [-0.1, -0.05) is 48.0 Å². The SMILES string of the molecule is Cc1ccc(C(CC(N)=O)N2CC3CN(C(=O)c4nccc5ccccc45)CC3C2)cc1Cl. The molecule has 3 heterocycles. The Kier molecular flexibility index (Phi) is 5.81. The molecule has 2 aliphatic rings. The average Bonchev–Trinajstić information content (AvgIpc) is 3.38. The number of amides is 2. The molecular weight excluding hydrogens is 436 g/mol. The lowest BCUT2D eigenvalue weighted by Crippen LogP contribution is -2.36. The maximum absolute atomic E-state index is 13.3. The molecule has 1 aromatic heterocycles. The van der Waals surface area contributed by atoms with Crippen molar-refractivity contribution in [3.63, 3.8) is 0 Å². The van der Waals surface area contributed by atoms with Gasteiger partial charge in [0.1, 0.15) is 5.69 Å². The first-order chi connectivity index (χ1) is 15.9. The Hall–Kier alpha value is -2.96. The molecule has 2 fully saturated rings. The molecule has 33 heavy (non-hydrogen) atoms. The number of halogens is 1. The molecule has 0 saturated carbocycles. The summed E-state index contributed by atoms with van der Waals surface area (Å²) in [5.41, 5.74) is 8.13. The molecule has 5 rings (SSSR count). The molecular formula is C26H27ClN4O2. The van der Waals surface area contributed by atoms with E-state index in [9.17, 15) is 9.59 Å². The fourth-order valence-corrected chi connectivity index (χ4v) is 5.54. The van der Waals surface area contributed by atoms with Crippen molar-refractivity contribution in [1.82, 2.24) is 14.8 Å². The Morgan fingerprint density at radius 1 is 1.09 bits per heavy atom. The van der Waals surface area contributed by atoms with Crippen LogP contribution in [-0.2, 0) is 4.79 Å². The first-order valence-electron chi connectivity index (χ1n) is 11.3. The molecule has 2 amide bonds. The summed E-state index contributed by atoms with van der Waals surface area (Å²) in [6, 6.07) is 15.7. The van der Waals surface area contributed by atoms with Gasteiger partial charge in [-0.2, -0.15) is 0 Å². The predicted molar refractivity (Wildman–Crippen MR) is 129 cm³/mol. The van der Waals surface area contributed by atoms with Crippen LogP contribution < -0.4 is 5.73 Å². The van der Waals surface area contributed by atoms with Gasteiger partial charge in [0.15, 0.2) is 0 Å². The van der Waals surface area contributed by atoms with Crippen molar-refractivity contribution in [3.05, 3.63) is 76.6 Å². The molecule has 3 unspecified atom stereocenters. The number of pyridine rings is 1. The number of likely N-dealkylation sites (tertiary alicyclic amines) is 2. The van der Waals surface area contributed by atoms with Crippen molar-refractivity contribution < 1.29 is 9.59 Å². The number of rotatable bonds is 5. The largest absolute Gasteiger partial charge is 0.370 e. The Balaban J connectivity index is 1.32. The van der Waals surface area contributed by atoms with Crippen LogP contribution in [0, 0.1) is 18.8 Å². The van der Waals surface area contributed by atoms with E-state index in [1.54, 1.807) is 6.20 Å². The molecule has 0 spiro atoms. The van der Waals surface area contributed by atoms with Gasteiger partial charge in [0.2, 0.25) is 5.91 Å². The predicted octanol–water partition coefficient (Wildman–Crippen LogP) is 3.82. The molecule has 0 bridgehead atoms. The van der Waals surface area contributed by atoms with Crippen LogP contribution in [0.1, 0.15) is 34.1 Å². The van der Waals surface area contributed by atoms with E-state index < -0.39 is 0 Å². The Morgan fingerprint density at radius 2 is 1.82 bits per heavy atom. The van der Waals surface area contributed by atoms with Gasteiger partial charge < -0.3 is 10.6 Å². The third-order valence-corrected chi connectivity index (χ3v) is 7.50. The zero-order valence-electron chi connectivity index (χ0n) is 18.6. The van der Waals surface area contributed by atoms with Crippen molar-refractivity contribution in [1.29, 1.82) is 0 Å². The van der Waals surface area contributed by atoms with E-state index in [-0.39, 0.29) is 24.3 Å². The van der Waals surface area contributed by atoms with E-state index >= 15 is 0 Å². The molecule has 2 aromatic carbocycles. The third-order valence-electron chi connectivity index (χ3n) is 7.09. The van der Waals surface area contributed by atoms with Crippen molar-refractivity contribution in [2.75, 3.05) is 26.2 Å². The van der Waals surface area contributed by atoms with Crippen molar-refractivity contribution in [3.8, 4) is 0 Å². The number of nitrogens with zero attached hydrogens (tertiary/aromatic N) is 3. The van der Waals surface area contributed by atoms with E-state index in [0.717, 1.165) is 35.0 Å². The van der Waals surface area contributed by atoms with Gasteiger partial charge in [-0.3, -0.25) is 19.5 Å². The molecule has 6 nitrogen and oxygen atoms in total. The fourth-order valence-electron chi connectivity index (χ4n) is 5.35. The monoisotopic (exact) mass is 462 g/mol. The molecule has 0 aliphatic carbocycles. The molecule has 7 heteroatoms. The minimum absolute atomic E-state index is 0.00764. The molecule has 2 saturated heterocycles. The van der Waals surface area contributed by atoms with E-state index in [1.807, 2.05) is 60.4 Å². The summed E-state index contributed by atoms with van der Waals surface area (Å²) in [6.45, 7) is 5.00. The van der Waals surface area contributed by atoms with Gasteiger partial charge in [-0.15, -0.1) is 0 Å². The highest BCUT2D eigenvalue weighted by Gasteiger charge is 2.44. The zero-order valence-corrected chi connectivity index (χ0v) is 19.3. The number of aromatic nitrogens is 1. The van der Waals surface area contributed by atoms with Crippen LogP contribution in [0.2, 0.25) is 5.02 Å². The zero-order chi connectivity index (χ0) is 23.1. The van der Waals surface area contributed by atoms with Gasteiger partial charge in [0.05, 0.1) is 0 Å². The van der Waals surface area contributed by atoms with Crippen LogP contribution in [0.25, 0.3) is 10.8 Å². The second kappa shape index (κ2) is 8.76. The van der Waals surface area contributed by atoms with Gasteiger partial charge in [0, 0.05) is 55.2 Å². The molecule has 2 N–H and O–H groups in total. The maximum atomic E-state index is 13.3. The van der Waals surface area contributed by atoms with Crippen LogP contribution >= 0.6 is 11.6 Å². The van der Waals surface area contributed by atoms with E-state index in [4.69, 9.17) is 17.3 Å². The average molecular weight is 463 g/mol. The van der Waals surface area contributed by atoms with Crippen LogP contribution in [0.15, 0.2) is 54.7 Å². The number of hydrogen-bond acceptors (Lipinski definition) is 4. The molecule has 2 aliphatic heterocycles. The number of nitrogens with two attached hydrogens (primary N) is 1. The second-order valence-corrected chi connectivity index (χ2v) is 9.67. The first kappa shape index (κ1) is 21.9. The topological polar surface area (TPSA) is 79.5 Å². The number of primary amides is 1. The standard InChI is InChI=1S/C26H27ClN4O2/c1-16-6-7-18(10-22(16)27)23(11-24(28)32)30-12-19-14-31(15-20(19)13-30)26(33)25-21-5-3-2-4-17(21)8-9-29-25/h2-10,19-20,23H,11-15H2,1H3,(H2,28,32). The number of carbonyl (C=O) groups is 2. The van der Waals surface area contributed by atoms with Crippen LogP contribution in [0.4, 0.5) is 0 Å². The van der Waals surface area contributed by atoms with Crippen molar-refractivity contribution in [2.45, 2.75) is 19.4 Å². The van der Waals surface area contributed by atoms with Crippen molar-refractivity contribution >= 4 is 34.2 Å². The van der Waals surface area contributed by atoms with Gasteiger partial charge in [-0.25, -0.2) is 0 Å². The molecule has 3 atom stereocenters. The second-order valence-electron chi connectivity index (χ2n) is 9.26. The smallest absolute Gasteiger partial charge is 0.273 e. The summed E-state index contributed by atoms with van der Waals surface area (Å²) < 4.78 is 0. The third kappa shape index (κ3) is 4.21. The highest BCUT2D eigenvalue weighted by atomic mass is 35.5. The van der Waals surface area contributed by atoms with Gasteiger partial charge in [0.25, 0.3) is 5.91 Å². The van der Waals surface area contributed by atoms with E-state index in [0.29, 0.717) is 35.6 Å². The number of aryl methyl sites for hydroxylation is 1. The van der Waals surface area contributed by atoms with Crippen LogP contribution in [-0.4, -0.2) is 52.8 Å². The quantitative estimate of drug-likeness (QED) is 0.625. The summed E-state index contributed by atoms with van der Waals surface area (Å²) in [5.74, 6) is 0.389. The minimum Gasteiger partial charge on any atom is -0.370 e. The summed E-state index contributed by atoms with van der Waals surface area (Å²) in [7, 11) is 0. The minimum atomic E-state index is -0.326. The van der Waals surface area contributed by atoms with Crippen molar-refractivity contribution in [2.24, 2.45) is 17.6 Å². The van der Waals surface area contributed by atoms with E-state index in [1.165, 1.54) is 0 Å². The van der Waals surface area contributed by atoms with Crippen LogP contribution in [0.5, 0.6) is 0 Å². The number of benzene rings is 2. The normalized spacial score (nSPS) is 21.3. The lowest BCUT2D eigenvalue weighted by molar-refractivity contribution is -0.119. The Labute approximate surface area is 198 Å². The lowest BCUT2D eigenvalue weighted by Gasteiger charge is -2.29. The number of carbonyl (C=O) groups excluding carboxylic acids is 2. The lowest BCUT2D eigenvalue weighted by atomic mass is 10.0. The summed E-state index contributed by atoms with van der Waals surface area (Å²) in [6.07, 6.45) is 1.96. The summed E-state index contributed by atoms with van der Waals surface area (Å²) in [5, 5.41) is 2.61. The number of hydrogen-bond donors (Lipinski definition) is 1. The molecule has 3 aromatic rings. The van der Waals surface area contributed by atoms with Crippen LogP contribution in [0.3, 0.4) is 0 Å². The van der Waals surface area contributed by atoms with Gasteiger partial charge in [-0.05, 0) is 47.4 Å². The van der Waals surface area contributed by atoms with E-state index in [2.05, 4.69) is 9.88 Å². The maximum Gasteiger partial charge on any atom is 0.273 e.